The van der Waals surface area contributed by atoms with E-state index in [0.29, 0.717) is 12.1 Å². The zero-order chi connectivity index (χ0) is 14.7. The molecule has 0 aliphatic heterocycles. The minimum absolute atomic E-state index is 0.159. The summed E-state index contributed by atoms with van der Waals surface area (Å²) in [6.07, 6.45) is 0. The molecule has 1 aromatic heterocycles. The summed E-state index contributed by atoms with van der Waals surface area (Å²) in [6, 6.07) is 18.0. The predicted octanol–water partition coefficient (Wildman–Crippen LogP) is 3.29. The molecule has 2 N–H and O–H groups in total. The number of para-hydroxylation sites is 2. The molecule has 21 heavy (non-hydrogen) atoms. The molecule has 0 saturated carbocycles. The minimum atomic E-state index is 0.159. The van der Waals surface area contributed by atoms with Gasteiger partial charge in [0, 0.05) is 6.04 Å². The maximum Gasteiger partial charge on any atom is 0.121 e. The van der Waals surface area contributed by atoms with Crippen molar-refractivity contribution < 1.29 is 0 Å². The summed E-state index contributed by atoms with van der Waals surface area (Å²) >= 11 is 0. The highest BCUT2D eigenvalue weighted by Gasteiger charge is 2.07. The summed E-state index contributed by atoms with van der Waals surface area (Å²) in [5, 5.41) is 12.4. The number of hydrogen-bond donors (Lipinski definition) is 2. The highest BCUT2D eigenvalue weighted by Crippen LogP contribution is 2.15. The van der Waals surface area contributed by atoms with E-state index >= 15 is 0 Å². The van der Waals surface area contributed by atoms with Gasteiger partial charge in [-0.15, -0.1) is 0 Å². The molecule has 0 saturated heterocycles. The fraction of sp³-hybridized carbons (Fsp3) is 0.176. The third-order valence-corrected chi connectivity index (χ3v) is 3.53. The van der Waals surface area contributed by atoms with E-state index in [2.05, 4.69) is 28.3 Å². The third kappa shape index (κ3) is 2.93. The van der Waals surface area contributed by atoms with Gasteiger partial charge < -0.3 is 10.3 Å². The van der Waals surface area contributed by atoms with Crippen molar-refractivity contribution in [3.8, 4) is 6.07 Å². The molecule has 3 aromatic rings. The Morgan fingerprint density at radius 2 is 2.10 bits per heavy atom. The third-order valence-electron chi connectivity index (χ3n) is 3.53. The van der Waals surface area contributed by atoms with E-state index in [1.807, 2.05) is 48.5 Å². The fourth-order valence-electron chi connectivity index (χ4n) is 2.33. The average molecular weight is 276 g/mol. The molecule has 0 aliphatic carbocycles. The molecule has 1 atom stereocenters. The van der Waals surface area contributed by atoms with Crippen LogP contribution in [0.15, 0.2) is 48.5 Å². The lowest BCUT2D eigenvalue weighted by atomic mass is 10.1. The normalized spacial score (nSPS) is 12.2. The Balaban J connectivity index is 1.70. The molecule has 0 aliphatic rings. The summed E-state index contributed by atoms with van der Waals surface area (Å²) in [4.78, 5) is 7.84. The molecule has 0 fully saturated rings. The number of benzene rings is 2. The number of H-pyrrole nitrogens is 1. The van der Waals surface area contributed by atoms with Crippen molar-refractivity contribution in [2.24, 2.45) is 0 Å². The van der Waals surface area contributed by atoms with Crippen molar-refractivity contribution in [3.63, 3.8) is 0 Å². The zero-order valence-corrected chi connectivity index (χ0v) is 11.8. The van der Waals surface area contributed by atoms with Gasteiger partial charge in [-0.2, -0.15) is 5.26 Å². The highest BCUT2D eigenvalue weighted by molar-refractivity contribution is 5.74. The molecule has 3 rings (SSSR count). The molecule has 0 radical (unpaired) electrons. The Morgan fingerprint density at radius 3 is 2.90 bits per heavy atom. The molecule has 4 nitrogen and oxygen atoms in total. The van der Waals surface area contributed by atoms with Gasteiger partial charge in [-0.1, -0.05) is 24.3 Å². The van der Waals surface area contributed by atoms with Crippen molar-refractivity contribution >= 4 is 11.0 Å². The van der Waals surface area contributed by atoms with Gasteiger partial charge in [-0.05, 0) is 36.8 Å². The molecule has 0 spiro atoms. The van der Waals surface area contributed by atoms with E-state index in [-0.39, 0.29) is 6.04 Å². The molecular formula is C17H16N4. The number of fused-ring (bicyclic) bond motifs is 1. The van der Waals surface area contributed by atoms with E-state index < -0.39 is 0 Å². The van der Waals surface area contributed by atoms with Crippen molar-refractivity contribution in [2.45, 2.75) is 19.5 Å². The van der Waals surface area contributed by atoms with Crippen LogP contribution >= 0.6 is 0 Å². The molecule has 2 aromatic carbocycles. The first-order valence-electron chi connectivity index (χ1n) is 6.93. The Morgan fingerprint density at radius 1 is 1.24 bits per heavy atom. The number of hydrogen-bond acceptors (Lipinski definition) is 3. The van der Waals surface area contributed by atoms with Crippen LogP contribution in [-0.4, -0.2) is 9.97 Å². The van der Waals surface area contributed by atoms with Gasteiger partial charge in [0.25, 0.3) is 0 Å². The first-order valence-corrected chi connectivity index (χ1v) is 6.93. The zero-order valence-electron chi connectivity index (χ0n) is 11.8. The van der Waals surface area contributed by atoms with Crippen LogP contribution in [0.4, 0.5) is 0 Å². The Labute approximate surface area is 123 Å². The number of aromatic amines is 1. The van der Waals surface area contributed by atoms with Crippen LogP contribution in [0.2, 0.25) is 0 Å². The van der Waals surface area contributed by atoms with Gasteiger partial charge in [0.15, 0.2) is 0 Å². The van der Waals surface area contributed by atoms with Crippen LogP contribution in [0, 0.1) is 11.3 Å². The van der Waals surface area contributed by atoms with E-state index in [9.17, 15) is 0 Å². The molecule has 104 valence electrons. The topological polar surface area (TPSA) is 64.5 Å². The van der Waals surface area contributed by atoms with Crippen LogP contribution < -0.4 is 5.32 Å². The Kier molecular flexibility index (Phi) is 3.67. The van der Waals surface area contributed by atoms with Gasteiger partial charge >= 0.3 is 0 Å². The minimum Gasteiger partial charge on any atom is -0.341 e. The van der Waals surface area contributed by atoms with Crippen LogP contribution in [0.5, 0.6) is 0 Å². The van der Waals surface area contributed by atoms with Gasteiger partial charge in [0.1, 0.15) is 5.82 Å². The largest absolute Gasteiger partial charge is 0.341 e. The van der Waals surface area contributed by atoms with Gasteiger partial charge in [-0.3, -0.25) is 0 Å². The maximum atomic E-state index is 8.95. The fourth-order valence-corrected chi connectivity index (χ4v) is 2.33. The Bertz CT molecular complexity index is 765. The summed E-state index contributed by atoms with van der Waals surface area (Å²) in [5.74, 6) is 0.916. The van der Waals surface area contributed by atoms with Gasteiger partial charge in [0.05, 0.1) is 29.2 Å². The van der Waals surface area contributed by atoms with Crippen molar-refractivity contribution in [1.29, 1.82) is 5.26 Å². The van der Waals surface area contributed by atoms with Crippen LogP contribution in [0.25, 0.3) is 11.0 Å². The first-order chi connectivity index (χ1) is 10.3. The summed E-state index contributed by atoms with van der Waals surface area (Å²) in [6.45, 7) is 2.74. The number of aromatic nitrogens is 2. The van der Waals surface area contributed by atoms with Gasteiger partial charge in [-0.25, -0.2) is 4.98 Å². The van der Waals surface area contributed by atoms with Crippen LogP contribution in [0.3, 0.4) is 0 Å². The lowest BCUT2D eigenvalue weighted by molar-refractivity contribution is 0.562. The molecule has 0 bridgehead atoms. The molecule has 1 heterocycles. The van der Waals surface area contributed by atoms with Crippen LogP contribution in [-0.2, 0) is 6.54 Å². The summed E-state index contributed by atoms with van der Waals surface area (Å²) in [5.41, 5.74) is 3.82. The van der Waals surface area contributed by atoms with E-state index in [1.54, 1.807) is 0 Å². The quantitative estimate of drug-likeness (QED) is 0.768. The Hall–Kier alpha value is -2.64. The molecule has 4 heteroatoms. The van der Waals surface area contributed by atoms with E-state index in [4.69, 9.17) is 5.26 Å². The van der Waals surface area contributed by atoms with E-state index in [1.165, 1.54) is 0 Å². The maximum absolute atomic E-state index is 8.95. The molecular weight excluding hydrogens is 260 g/mol. The summed E-state index contributed by atoms with van der Waals surface area (Å²) < 4.78 is 0. The van der Waals surface area contributed by atoms with Gasteiger partial charge in [0.2, 0.25) is 0 Å². The second-order valence-electron chi connectivity index (χ2n) is 5.04. The monoisotopic (exact) mass is 276 g/mol. The average Bonchev–Trinajstić information content (AvgIpc) is 2.95. The van der Waals surface area contributed by atoms with Crippen molar-refractivity contribution in [3.05, 3.63) is 65.5 Å². The number of imidazole rings is 1. The number of nitrogens with one attached hydrogen (secondary N) is 2. The predicted molar refractivity (Wildman–Crippen MR) is 82.5 cm³/mol. The molecule has 1 unspecified atom stereocenters. The number of rotatable bonds is 4. The second kappa shape index (κ2) is 5.78. The first kappa shape index (κ1) is 13.3. The number of nitriles is 1. The summed E-state index contributed by atoms with van der Waals surface area (Å²) in [7, 11) is 0. The van der Waals surface area contributed by atoms with Crippen molar-refractivity contribution in [2.75, 3.05) is 0 Å². The van der Waals surface area contributed by atoms with E-state index in [0.717, 1.165) is 22.4 Å². The second-order valence-corrected chi connectivity index (χ2v) is 5.04. The number of nitrogens with zero attached hydrogens (tertiary/aromatic N) is 2. The standard InChI is InChI=1S/C17H16N4/c1-12(14-6-4-5-13(9-14)10-18)19-11-17-20-15-7-2-3-8-16(15)21-17/h2-9,12,19H,11H2,1H3,(H,20,21). The lowest BCUT2D eigenvalue weighted by Crippen LogP contribution is -2.18. The lowest BCUT2D eigenvalue weighted by Gasteiger charge is -2.13. The van der Waals surface area contributed by atoms with Crippen LogP contribution in [0.1, 0.15) is 29.9 Å². The SMILES string of the molecule is CC(NCc1nc2ccccc2[nH]1)c1cccc(C#N)c1. The highest BCUT2D eigenvalue weighted by atomic mass is 15.0. The smallest absolute Gasteiger partial charge is 0.121 e. The van der Waals surface area contributed by atoms with Crippen molar-refractivity contribution in [1.82, 2.24) is 15.3 Å². The molecule has 0 amide bonds.